The summed E-state index contributed by atoms with van der Waals surface area (Å²) in [7, 11) is 0.0772. The van der Waals surface area contributed by atoms with Crippen molar-refractivity contribution in [1.82, 2.24) is 9.80 Å². The van der Waals surface area contributed by atoms with Gasteiger partial charge in [-0.1, -0.05) is 57.5 Å². The SMILES string of the molecule is CC=C(C)[SiH2]CCC[SiH2]C(N(CC)CC)N(CC)CC. The molecule has 0 aliphatic heterocycles. The van der Waals surface area contributed by atoms with Crippen LogP contribution in [0.1, 0.15) is 48.0 Å². The second-order valence-corrected chi connectivity index (χ2v) is 9.99. The van der Waals surface area contributed by atoms with E-state index in [4.69, 9.17) is 0 Å². The number of rotatable bonds is 12. The Kier molecular flexibility index (Phi) is 12.9. The highest BCUT2D eigenvalue weighted by atomic mass is 28.2. The Hall–Kier alpha value is 0.0938. The molecule has 4 heteroatoms. The third-order valence-electron chi connectivity index (χ3n) is 4.49. The van der Waals surface area contributed by atoms with E-state index in [2.05, 4.69) is 57.4 Å². The third kappa shape index (κ3) is 7.76. The Morgan fingerprint density at radius 3 is 1.85 bits per heavy atom. The molecular formula is C16H38N2Si2. The Bertz CT molecular complexity index is 237. The standard InChI is InChI=1S/C16H38N2Si2/c1-7-15(6)19-13-12-14-20-16(17(8-2)9-3)18(10-4)11-5/h7,16H,8-14,19-20H2,1-6H3. The summed E-state index contributed by atoms with van der Waals surface area (Å²) >= 11 is 0. The van der Waals surface area contributed by atoms with E-state index in [0.29, 0.717) is 0 Å². The van der Waals surface area contributed by atoms with E-state index < -0.39 is 0 Å². The van der Waals surface area contributed by atoms with Crippen molar-refractivity contribution in [2.75, 3.05) is 26.2 Å². The topological polar surface area (TPSA) is 6.48 Å². The largest absolute Gasteiger partial charge is 0.292 e. The molecule has 0 rings (SSSR count). The molecule has 0 unspecified atom stereocenters. The van der Waals surface area contributed by atoms with Gasteiger partial charge in [0.25, 0.3) is 0 Å². The summed E-state index contributed by atoms with van der Waals surface area (Å²) in [6.07, 6.45) is 3.81. The number of nitrogens with zero attached hydrogens (tertiary/aromatic N) is 2. The van der Waals surface area contributed by atoms with E-state index in [9.17, 15) is 0 Å². The molecule has 0 aliphatic rings. The lowest BCUT2D eigenvalue weighted by atomic mass is 10.5. The van der Waals surface area contributed by atoms with E-state index >= 15 is 0 Å². The molecule has 120 valence electrons. The maximum absolute atomic E-state index is 2.69. The van der Waals surface area contributed by atoms with Crippen LogP contribution in [0.5, 0.6) is 0 Å². The zero-order valence-electron chi connectivity index (χ0n) is 14.9. The third-order valence-corrected chi connectivity index (χ3v) is 9.00. The van der Waals surface area contributed by atoms with Gasteiger partial charge in [0.15, 0.2) is 0 Å². The molecule has 2 nitrogen and oxygen atoms in total. The number of hydrogen-bond donors (Lipinski definition) is 0. The molecule has 0 N–H and O–H groups in total. The van der Waals surface area contributed by atoms with Crippen molar-refractivity contribution >= 4 is 19.0 Å². The number of allylic oxidation sites excluding steroid dienone is 2. The average Bonchev–Trinajstić information content (AvgIpc) is 2.48. The summed E-state index contributed by atoms with van der Waals surface area (Å²) < 4.78 is 0. The molecule has 0 fully saturated rings. The van der Waals surface area contributed by atoms with Crippen molar-refractivity contribution in [3.63, 3.8) is 0 Å². The van der Waals surface area contributed by atoms with Crippen molar-refractivity contribution in [2.24, 2.45) is 0 Å². The van der Waals surface area contributed by atoms with Gasteiger partial charge >= 0.3 is 0 Å². The molecular weight excluding hydrogens is 276 g/mol. The summed E-state index contributed by atoms with van der Waals surface area (Å²) in [5, 5.41) is 1.69. The van der Waals surface area contributed by atoms with Crippen molar-refractivity contribution in [3.05, 3.63) is 11.3 Å². The first-order valence-electron chi connectivity index (χ1n) is 8.74. The Labute approximate surface area is 132 Å². The molecule has 0 saturated heterocycles. The lowest BCUT2D eigenvalue weighted by Crippen LogP contribution is -2.51. The monoisotopic (exact) mass is 314 g/mol. The first-order chi connectivity index (χ1) is 9.64. The van der Waals surface area contributed by atoms with E-state index in [1.165, 1.54) is 44.7 Å². The van der Waals surface area contributed by atoms with E-state index in [1.807, 2.05) is 0 Å². The maximum atomic E-state index is 2.69. The fourth-order valence-corrected chi connectivity index (χ4v) is 7.87. The quantitative estimate of drug-likeness (QED) is 0.310. The molecule has 0 spiro atoms. The van der Waals surface area contributed by atoms with Crippen molar-refractivity contribution in [2.45, 2.75) is 65.8 Å². The molecule has 0 aromatic rings. The summed E-state index contributed by atoms with van der Waals surface area (Å²) in [5.74, 6) is 0.796. The Morgan fingerprint density at radius 2 is 1.45 bits per heavy atom. The summed E-state index contributed by atoms with van der Waals surface area (Å²) in [4.78, 5) is 5.38. The Balaban J connectivity index is 4.22. The van der Waals surface area contributed by atoms with E-state index in [0.717, 1.165) is 5.79 Å². The van der Waals surface area contributed by atoms with Crippen LogP contribution in [0.3, 0.4) is 0 Å². The molecule has 0 aliphatic carbocycles. The smallest absolute Gasteiger partial charge is 0.0591 e. The van der Waals surface area contributed by atoms with Gasteiger partial charge in [0.05, 0.1) is 9.52 Å². The zero-order chi connectivity index (χ0) is 15.4. The minimum atomic E-state index is -0.0101. The Morgan fingerprint density at radius 1 is 0.950 bits per heavy atom. The summed E-state index contributed by atoms with van der Waals surface area (Å²) in [5.41, 5.74) is 0. The van der Waals surface area contributed by atoms with Crippen LogP contribution < -0.4 is 0 Å². The van der Waals surface area contributed by atoms with Crippen LogP contribution in [0.2, 0.25) is 12.1 Å². The van der Waals surface area contributed by atoms with Gasteiger partial charge in [-0.25, -0.2) is 0 Å². The van der Waals surface area contributed by atoms with Crippen LogP contribution in [-0.4, -0.2) is 60.8 Å². The molecule has 0 radical (unpaired) electrons. The maximum Gasteiger partial charge on any atom is 0.0591 e. The van der Waals surface area contributed by atoms with Gasteiger partial charge in [-0.15, -0.1) is 0 Å². The molecule has 0 aromatic carbocycles. The van der Waals surface area contributed by atoms with Crippen molar-refractivity contribution < 1.29 is 0 Å². The van der Waals surface area contributed by atoms with Crippen LogP contribution in [0.15, 0.2) is 11.3 Å². The molecule has 20 heavy (non-hydrogen) atoms. The van der Waals surface area contributed by atoms with Crippen molar-refractivity contribution in [3.8, 4) is 0 Å². The molecule has 0 heterocycles. The zero-order valence-corrected chi connectivity index (χ0v) is 17.7. The first-order valence-corrected chi connectivity index (χ1v) is 12.3. The van der Waals surface area contributed by atoms with Crippen molar-refractivity contribution in [1.29, 1.82) is 0 Å². The van der Waals surface area contributed by atoms with Crippen LogP contribution in [0.25, 0.3) is 0 Å². The van der Waals surface area contributed by atoms with Gasteiger partial charge in [-0.2, -0.15) is 0 Å². The van der Waals surface area contributed by atoms with Gasteiger partial charge in [-0.3, -0.25) is 9.80 Å². The summed E-state index contributed by atoms with van der Waals surface area (Å²) in [6, 6.07) is 3.05. The van der Waals surface area contributed by atoms with Gasteiger partial charge < -0.3 is 0 Å². The molecule has 0 amide bonds. The van der Waals surface area contributed by atoms with Crippen LogP contribution in [-0.2, 0) is 0 Å². The van der Waals surface area contributed by atoms with Crippen LogP contribution >= 0.6 is 0 Å². The van der Waals surface area contributed by atoms with E-state index in [1.54, 1.807) is 5.20 Å². The normalized spacial score (nSPS) is 14.2. The van der Waals surface area contributed by atoms with Gasteiger partial charge in [0.2, 0.25) is 0 Å². The predicted molar refractivity (Wildman–Crippen MR) is 100 cm³/mol. The second-order valence-electron chi connectivity index (χ2n) is 5.66. The first kappa shape index (κ1) is 20.1. The molecule has 0 atom stereocenters. The second kappa shape index (κ2) is 12.8. The van der Waals surface area contributed by atoms with Crippen LogP contribution in [0.4, 0.5) is 0 Å². The molecule has 0 aromatic heterocycles. The van der Waals surface area contributed by atoms with Gasteiger partial charge in [0.1, 0.15) is 0 Å². The highest BCUT2D eigenvalue weighted by molar-refractivity contribution is 6.45. The highest BCUT2D eigenvalue weighted by Crippen LogP contribution is 2.09. The predicted octanol–water partition coefficient (Wildman–Crippen LogP) is 2.44. The number of hydrogen-bond acceptors (Lipinski definition) is 2. The minimum absolute atomic E-state index is 0.0101. The summed E-state index contributed by atoms with van der Waals surface area (Å²) in [6.45, 7) is 18.6. The van der Waals surface area contributed by atoms with Gasteiger partial charge in [0, 0.05) is 15.3 Å². The lowest BCUT2D eigenvalue weighted by Gasteiger charge is -2.38. The van der Waals surface area contributed by atoms with Gasteiger partial charge in [-0.05, 0) is 40.0 Å². The van der Waals surface area contributed by atoms with E-state index in [-0.39, 0.29) is 19.0 Å². The van der Waals surface area contributed by atoms with Crippen LogP contribution in [0, 0.1) is 0 Å². The average molecular weight is 315 g/mol. The minimum Gasteiger partial charge on any atom is -0.292 e. The molecule has 0 saturated carbocycles. The fraction of sp³-hybridized carbons (Fsp3) is 0.875. The lowest BCUT2D eigenvalue weighted by molar-refractivity contribution is 0.115. The fourth-order valence-electron chi connectivity index (χ4n) is 2.94. The molecule has 0 bridgehead atoms. The highest BCUT2D eigenvalue weighted by Gasteiger charge is 2.20.